The van der Waals surface area contributed by atoms with Crippen LogP contribution in [0, 0.1) is 0 Å². The second-order valence-corrected chi connectivity index (χ2v) is 21.3. The van der Waals surface area contributed by atoms with Crippen molar-refractivity contribution >= 4 is 17.9 Å². The number of rotatable bonds is 58. The zero-order valence-electron chi connectivity index (χ0n) is 47.8. The summed E-state index contributed by atoms with van der Waals surface area (Å²) >= 11 is 0. The Morgan fingerprint density at radius 1 is 0.282 bits per heavy atom. The fraction of sp³-hybridized carbons (Fsp3) is 0.862. The largest absolute Gasteiger partial charge is 0.462 e. The van der Waals surface area contributed by atoms with E-state index in [4.69, 9.17) is 14.2 Å². The first-order chi connectivity index (χ1) is 35.0. The molecule has 0 aliphatic rings. The van der Waals surface area contributed by atoms with E-state index in [1.165, 1.54) is 212 Å². The predicted octanol–water partition coefficient (Wildman–Crippen LogP) is 21.2. The van der Waals surface area contributed by atoms with Gasteiger partial charge in [0.2, 0.25) is 0 Å². The van der Waals surface area contributed by atoms with Crippen LogP contribution in [0.25, 0.3) is 0 Å². The van der Waals surface area contributed by atoms with Gasteiger partial charge in [0.25, 0.3) is 0 Å². The van der Waals surface area contributed by atoms with E-state index in [1.54, 1.807) is 0 Å². The molecule has 71 heavy (non-hydrogen) atoms. The highest BCUT2D eigenvalue weighted by atomic mass is 16.6. The van der Waals surface area contributed by atoms with Crippen LogP contribution in [0.2, 0.25) is 0 Å². The summed E-state index contributed by atoms with van der Waals surface area (Å²) in [5.41, 5.74) is 0. The Bertz CT molecular complexity index is 1190. The number of carbonyl (C=O) groups excluding carboxylic acids is 3. The SMILES string of the molecule is CCCC/C=C\CCCCCCCC(=O)OCC(COC(=O)CCCCCCCCCCCCCCCCCCCCCCCCCCCCC)OC(=O)CCCCCCC/C=C\C/C=C\CCCCC. The first kappa shape index (κ1) is 68.6. The zero-order valence-corrected chi connectivity index (χ0v) is 47.8. The summed E-state index contributed by atoms with van der Waals surface area (Å²) in [4.78, 5) is 38.1. The summed E-state index contributed by atoms with van der Waals surface area (Å²) in [5, 5.41) is 0. The van der Waals surface area contributed by atoms with Gasteiger partial charge in [-0.1, -0.05) is 288 Å². The standard InChI is InChI=1S/C65H120O6/c1-4-7-10-13-16-19-22-24-26-27-28-29-30-31-32-33-34-35-36-37-39-40-43-46-49-52-55-58-64(67)70-61-62(60-69-63(66)57-54-51-48-45-42-21-18-15-12-9-6-3)71-65(68)59-56-53-50-47-44-41-38-25-23-20-17-14-11-8-5-2/h15,17-18,20,25,38,62H,4-14,16,19,21-24,26-37,39-61H2,1-3H3/b18-15-,20-17-,38-25-. The molecule has 0 saturated carbocycles. The van der Waals surface area contributed by atoms with E-state index in [2.05, 4.69) is 57.2 Å². The lowest BCUT2D eigenvalue weighted by Crippen LogP contribution is -2.30. The summed E-state index contributed by atoms with van der Waals surface area (Å²) in [5.74, 6) is -0.883. The fourth-order valence-electron chi connectivity index (χ4n) is 9.34. The van der Waals surface area contributed by atoms with Crippen LogP contribution in [-0.4, -0.2) is 37.2 Å². The van der Waals surface area contributed by atoms with E-state index in [0.29, 0.717) is 19.3 Å². The molecule has 0 aromatic rings. The van der Waals surface area contributed by atoms with E-state index in [9.17, 15) is 14.4 Å². The van der Waals surface area contributed by atoms with Gasteiger partial charge in [-0.05, 0) is 70.6 Å². The molecule has 0 saturated heterocycles. The first-order valence-corrected chi connectivity index (χ1v) is 31.5. The topological polar surface area (TPSA) is 78.9 Å². The average molecular weight is 998 g/mol. The van der Waals surface area contributed by atoms with Crippen LogP contribution < -0.4 is 0 Å². The second-order valence-electron chi connectivity index (χ2n) is 21.3. The van der Waals surface area contributed by atoms with Gasteiger partial charge in [-0.3, -0.25) is 14.4 Å². The molecule has 0 fully saturated rings. The third-order valence-electron chi connectivity index (χ3n) is 14.1. The molecule has 0 bridgehead atoms. The molecule has 0 amide bonds. The van der Waals surface area contributed by atoms with Gasteiger partial charge in [-0.15, -0.1) is 0 Å². The van der Waals surface area contributed by atoms with Crippen LogP contribution in [0.5, 0.6) is 0 Å². The van der Waals surface area contributed by atoms with Gasteiger partial charge in [0.15, 0.2) is 6.10 Å². The molecule has 0 N–H and O–H groups in total. The third kappa shape index (κ3) is 58.4. The summed E-state index contributed by atoms with van der Waals surface area (Å²) in [7, 11) is 0. The molecule has 1 unspecified atom stereocenters. The van der Waals surface area contributed by atoms with Gasteiger partial charge >= 0.3 is 17.9 Å². The van der Waals surface area contributed by atoms with E-state index in [0.717, 1.165) is 89.9 Å². The molecule has 1 atom stereocenters. The zero-order chi connectivity index (χ0) is 51.4. The molecular formula is C65H120O6. The number of esters is 3. The number of unbranched alkanes of at least 4 members (excludes halogenated alkanes) is 41. The Kier molecular flexibility index (Phi) is 58.2. The van der Waals surface area contributed by atoms with Gasteiger partial charge in [0, 0.05) is 19.3 Å². The lowest BCUT2D eigenvalue weighted by Gasteiger charge is -2.18. The minimum atomic E-state index is -0.780. The maximum absolute atomic E-state index is 12.8. The molecule has 0 spiro atoms. The summed E-state index contributed by atoms with van der Waals surface area (Å²) in [6.45, 7) is 6.60. The minimum Gasteiger partial charge on any atom is -0.462 e. The van der Waals surface area contributed by atoms with Crippen molar-refractivity contribution in [2.45, 2.75) is 348 Å². The monoisotopic (exact) mass is 997 g/mol. The molecule has 0 aromatic heterocycles. The highest BCUT2D eigenvalue weighted by molar-refractivity contribution is 5.71. The maximum atomic E-state index is 12.8. The number of ether oxygens (including phenoxy) is 3. The fourth-order valence-corrected chi connectivity index (χ4v) is 9.34. The highest BCUT2D eigenvalue weighted by Gasteiger charge is 2.19. The van der Waals surface area contributed by atoms with Crippen LogP contribution >= 0.6 is 0 Å². The van der Waals surface area contributed by atoms with Gasteiger partial charge in [-0.2, -0.15) is 0 Å². The number of hydrogen-bond acceptors (Lipinski definition) is 6. The highest BCUT2D eigenvalue weighted by Crippen LogP contribution is 2.18. The quantitative estimate of drug-likeness (QED) is 0.0261. The van der Waals surface area contributed by atoms with Crippen LogP contribution in [0.4, 0.5) is 0 Å². The van der Waals surface area contributed by atoms with E-state index < -0.39 is 6.10 Å². The molecule has 6 nitrogen and oxygen atoms in total. The average Bonchev–Trinajstić information content (AvgIpc) is 3.37. The Morgan fingerprint density at radius 3 is 0.859 bits per heavy atom. The van der Waals surface area contributed by atoms with Gasteiger partial charge < -0.3 is 14.2 Å². The van der Waals surface area contributed by atoms with Crippen molar-refractivity contribution in [2.24, 2.45) is 0 Å². The Hall–Kier alpha value is -2.37. The molecule has 6 heteroatoms. The smallest absolute Gasteiger partial charge is 0.306 e. The minimum absolute atomic E-state index is 0.0770. The number of hydrogen-bond donors (Lipinski definition) is 0. The van der Waals surface area contributed by atoms with Crippen molar-refractivity contribution in [1.29, 1.82) is 0 Å². The van der Waals surface area contributed by atoms with Gasteiger partial charge in [-0.25, -0.2) is 0 Å². The molecule has 0 rings (SSSR count). The van der Waals surface area contributed by atoms with Crippen LogP contribution in [0.1, 0.15) is 342 Å². The molecular weight excluding hydrogens is 877 g/mol. The van der Waals surface area contributed by atoms with E-state index in [-0.39, 0.29) is 31.1 Å². The van der Waals surface area contributed by atoms with Crippen LogP contribution in [0.3, 0.4) is 0 Å². The summed E-state index contributed by atoms with van der Waals surface area (Å²) < 4.78 is 16.9. The van der Waals surface area contributed by atoms with Crippen molar-refractivity contribution in [2.75, 3.05) is 13.2 Å². The number of carbonyl (C=O) groups is 3. The van der Waals surface area contributed by atoms with Crippen molar-refractivity contribution < 1.29 is 28.6 Å². The van der Waals surface area contributed by atoms with Crippen molar-refractivity contribution in [3.8, 4) is 0 Å². The Morgan fingerprint density at radius 2 is 0.521 bits per heavy atom. The summed E-state index contributed by atoms with van der Waals surface area (Å²) in [6.07, 6.45) is 73.1. The van der Waals surface area contributed by atoms with E-state index in [1.807, 2.05) is 0 Å². The molecule has 0 heterocycles. The van der Waals surface area contributed by atoms with Crippen molar-refractivity contribution in [3.05, 3.63) is 36.5 Å². The van der Waals surface area contributed by atoms with Crippen molar-refractivity contribution in [1.82, 2.24) is 0 Å². The molecule has 0 radical (unpaired) electrons. The molecule has 0 aliphatic carbocycles. The van der Waals surface area contributed by atoms with Crippen molar-refractivity contribution in [3.63, 3.8) is 0 Å². The second kappa shape index (κ2) is 60.2. The predicted molar refractivity (Wildman–Crippen MR) is 307 cm³/mol. The Labute approximate surface area is 442 Å². The summed E-state index contributed by atoms with van der Waals surface area (Å²) in [6, 6.07) is 0. The molecule has 0 aromatic carbocycles. The third-order valence-corrected chi connectivity index (χ3v) is 14.1. The first-order valence-electron chi connectivity index (χ1n) is 31.5. The molecule has 0 aliphatic heterocycles. The van der Waals surface area contributed by atoms with E-state index >= 15 is 0 Å². The Balaban J connectivity index is 4.15. The van der Waals surface area contributed by atoms with Gasteiger partial charge in [0.05, 0.1) is 0 Å². The van der Waals surface area contributed by atoms with Crippen LogP contribution in [0.15, 0.2) is 36.5 Å². The lowest BCUT2D eigenvalue weighted by molar-refractivity contribution is -0.167. The normalized spacial score (nSPS) is 12.2. The van der Waals surface area contributed by atoms with Gasteiger partial charge in [0.1, 0.15) is 13.2 Å². The van der Waals surface area contributed by atoms with Crippen LogP contribution in [-0.2, 0) is 28.6 Å². The number of allylic oxidation sites excluding steroid dienone is 6. The lowest BCUT2D eigenvalue weighted by atomic mass is 10.0. The molecule has 416 valence electrons. The maximum Gasteiger partial charge on any atom is 0.306 e.